The lowest BCUT2D eigenvalue weighted by atomic mass is 10.0. The first-order valence-electron chi connectivity index (χ1n) is 8.74. The summed E-state index contributed by atoms with van der Waals surface area (Å²) < 4.78 is 18.7. The number of carbonyl (C=O) groups is 2. The molecule has 7 heteroatoms. The summed E-state index contributed by atoms with van der Waals surface area (Å²) in [6.07, 6.45) is 0. The third kappa shape index (κ3) is 3.36. The molecular weight excluding hydrogens is 363 g/mol. The van der Waals surface area contributed by atoms with Gasteiger partial charge in [0.05, 0.1) is 25.0 Å². The molecule has 0 bridgehead atoms. The number of rotatable bonds is 6. The second-order valence-electron chi connectivity index (χ2n) is 6.50. The quantitative estimate of drug-likeness (QED) is 0.775. The molecular formula is C21H21FN2O4. The van der Waals surface area contributed by atoms with E-state index in [1.54, 1.807) is 19.2 Å². The lowest BCUT2D eigenvalue weighted by Gasteiger charge is -2.21. The van der Waals surface area contributed by atoms with Crippen LogP contribution in [0.3, 0.4) is 0 Å². The van der Waals surface area contributed by atoms with Gasteiger partial charge in [-0.3, -0.25) is 9.59 Å². The molecule has 0 radical (unpaired) electrons. The molecule has 0 fully saturated rings. The second kappa shape index (κ2) is 7.82. The van der Waals surface area contributed by atoms with Crippen LogP contribution in [0.1, 0.15) is 11.1 Å². The van der Waals surface area contributed by atoms with E-state index in [1.807, 2.05) is 13.0 Å². The minimum absolute atomic E-state index is 0.147. The number of aliphatic hydroxyl groups is 1. The second-order valence-corrected chi connectivity index (χ2v) is 6.50. The fourth-order valence-electron chi connectivity index (χ4n) is 3.20. The number of likely N-dealkylation sites (N-methyl/N-ethyl adjacent to an activating group) is 1. The summed E-state index contributed by atoms with van der Waals surface area (Å²) in [7, 11) is 3.09. The number of imide groups is 1. The number of anilines is 1. The normalized spacial score (nSPS) is 14.1. The van der Waals surface area contributed by atoms with E-state index in [9.17, 15) is 19.1 Å². The summed E-state index contributed by atoms with van der Waals surface area (Å²) in [6, 6.07) is 10.6. The zero-order valence-electron chi connectivity index (χ0n) is 15.9. The third-order valence-electron chi connectivity index (χ3n) is 4.58. The van der Waals surface area contributed by atoms with Crippen LogP contribution in [-0.4, -0.2) is 49.1 Å². The molecule has 2 aromatic rings. The molecule has 0 atom stereocenters. The van der Waals surface area contributed by atoms with Crippen LogP contribution in [0.2, 0.25) is 0 Å². The zero-order valence-corrected chi connectivity index (χ0v) is 15.9. The third-order valence-corrected chi connectivity index (χ3v) is 4.58. The maximum Gasteiger partial charge on any atom is 0.282 e. The van der Waals surface area contributed by atoms with E-state index in [0.29, 0.717) is 17.0 Å². The van der Waals surface area contributed by atoms with Gasteiger partial charge >= 0.3 is 0 Å². The predicted molar refractivity (Wildman–Crippen MR) is 103 cm³/mol. The molecule has 146 valence electrons. The van der Waals surface area contributed by atoms with Gasteiger partial charge in [-0.1, -0.05) is 18.2 Å². The van der Waals surface area contributed by atoms with E-state index in [4.69, 9.17) is 4.74 Å². The molecule has 2 amide bonds. The number of ether oxygens (including phenoxy) is 1. The molecule has 6 nitrogen and oxygen atoms in total. The minimum atomic E-state index is -0.528. The number of nitrogens with zero attached hydrogens (tertiary/aromatic N) is 2. The molecule has 0 spiro atoms. The highest BCUT2D eigenvalue weighted by atomic mass is 19.1. The van der Waals surface area contributed by atoms with Crippen LogP contribution in [0.15, 0.2) is 48.2 Å². The van der Waals surface area contributed by atoms with E-state index in [2.05, 4.69) is 0 Å². The van der Waals surface area contributed by atoms with Gasteiger partial charge in [0.2, 0.25) is 0 Å². The van der Waals surface area contributed by atoms with Gasteiger partial charge < -0.3 is 14.7 Å². The van der Waals surface area contributed by atoms with Crippen molar-refractivity contribution in [2.75, 3.05) is 32.2 Å². The van der Waals surface area contributed by atoms with Gasteiger partial charge in [-0.05, 0) is 42.3 Å². The van der Waals surface area contributed by atoms with Crippen LogP contribution in [0.5, 0.6) is 5.75 Å². The van der Waals surface area contributed by atoms with Crippen molar-refractivity contribution in [1.82, 2.24) is 4.90 Å². The average Bonchev–Trinajstić information content (AvgIpc) is 2.93. The topological polar surface area (TPSA) is 70.1 Å². The van der Waals surface area contributed by atoms with Crippen molar-refractivity contribution in [3.05, 3.63) is 65.1 Å². The van der Waals surface area contributed by atoms with Gasteiger partial charge in [-0.15, -0.1) is 0 Å². The largest absolute Gasteiger partial charge is 0.495 e. The smallest absolute Gasteiger partial charge is 0.282 e. The van der Waals surface area contributed by atoms with Crippen molar-refractivity contribution in [3.63, 3.8) is 0 Å². The fraction of sp³-hybridized carbons (Fsp3) is 0.238. The molecule has 3 rings (SSSR count). The Kier molecular flexibility index (Phi) is 5.46. The van der Waals surface area contributed by atoms with Gasteiger partial charge in [-0.25, -0.2) is 9.29 Å². The summed E-state index contributed by atoms with van der Waals surface area (Å²) >= 11 is 0. The van der Waals surface area contributed by atoms with Crippen LogP contribution in [0, 0.1) is 12.7 Å². The van der Waals surface area contributed by atoms with Crippen molar-refractivity contribution in [3.8, 4) is 5.75 Å². The lowest BCUT2D eigenvalue weighted by molar-refractivity contribution is -0.120. The Morgan fingerprint density at radius 3 is 2.39 bits per heavy atom. The molecule has 0 aliphatic carbocycles. The molecule has 28 heavy (non-hydrogen) atoms. The molecule has 0 saturated carbocycles. The number of amides is 2. The molecule has 1 aliphatic heterocycles. The Labute approximate surface area is 162 Å². The minimum Gasteiger partial charge on any atom is -0.495 e. The van der Waals surface area contributed by atoms with Crippen LogP contribution in [0.4, 0.5) is 10.1 Å². The summed E-state index contributed by atoms with van der Waals surface area (Å²) in [5.74, 6) is -1.11. The molecule has 1 aliphatic rings. The van der Waals surface area contributed by atoms with Gasteiger partial charge in [0.15, 0.2) is 0 Å². The molecule has 1 heterocycles. The number of hydrogen-bond acceptors (Lipinski definition) is 5. The van der Waals surface area contributed by atoms with Gasteiger partial charge in [0.1, 0.15) is 17.3 Å². The van der Waals surface area contributed by atoms with Crippen molar-refractivity contribution in [2.45, 2.75) is 6.92 Å². The summed E-state index contributed by atoms with van der Waals surface area (Å²) in [4.78, 5) is 29.2. The highest BCUT2D eigenvalue weighted by molar-refractivity contribution is 6.45. The van der Waals surface area contributed by atoms with E-state index in [0.717, 1.165) is 10.5 Å². The first-order valence-corrected chi connectivity index (χ1v) is 8.74. The molecule has 2 aromatic carbocycles. The van der Waals surface area contributed by atoms with Crippen molar-refractivity contribution in [1.29, 1.82) is 0 Å². The van der Waals surface area contributed by atoms with Gasteiger partial charge in [0.25, 0.3) is 11.8 Å². The van der Waals surface area contributed by atoms with Crippen molar-refractivity contribution >= 4 is 23.1 Å². The number of methoxy groups -OCH3 is 1. The van der Waals surface area contributed by atoms with E-state index in [-0.39, 0.29) is 24.4 Å². The van der Waals surface area contributed by atoms with Crippen molar-refractivity contribution in [2.24, 2.45) is 0 Å². The van der Waals surface area contributed by atoms with E-state index >= 15 is 0 Å². The van der Waals surface area contributed by atoms with Crippen LogP contribution in [-0.2, 0) is 9.59 Å². The fourth-order valence-corrected chi connectivity index (χ4v) is 3.20. The molecule has 1 N–H and O–H groups in total. The van der Waals surface area contributed by atoms with Crippen LogP contribution < -0.4 is 9.64 Å². The number of halogens is 1. The van der Waals surface area contributed by atoms with Gasteiger partial charge in [-0.2, -0.15) is 0 Å². The Hall–Kier alpha value is -3.19. The monoisotopic (exact) mass is 384 g/mol. The molecule has 0 unspecified atom stereocenters. The lowest BCUT2D eigenvalue weighted by Crippen LogP contribution is -2.35. The number of carbonyl (C=O) groups excluding carboxylic acids is 2. The molecule has 0 saturated heterocycles. The SMILES string of the molecule is COc1ccc(C)cc1N1C(=O)C(c2ccc(F)cc2)=C(N(C)CCO)C1=O. The summed E-state index contributed by atoms with van der Waals surface area (Å²) in [5.41, 5.74) is 1.92. The van der Waals surface area contributed by atoms with Crippen LogP contribution >= 0.6 is 0 Å². The number of hydrogen-bond donors (Lipinski definition) is 1. The van der Waals surface area contributed by atoms with Gasteiger partial charge in [0, 0.05) is 13.6 Å². The maximum atomic E-state index is 13.4. The Bertz CT molecular complexity index is 953. The first-order chi connectivity index (χ1) is 13.4. The van der Waals surface area contributed by atoms with E-state index in [1.165, 1.54) is 36.3 Å². The summed E-state index contributed by atoms with van der Waals surface area (Å²) in [6.45, 7) is 1.82. The average molecular weight is 384 g/mol. The standard InChI is InChI=1S/C21H21FN2O4/c1-13-4-9-17(28-3)16(12-13)24-20(26)18(14-5-7-15(22)8-6-14)19(21(24)27)23(2)10-11-25/h4-9,12,25H,10-11H2,1-3H3. The molecule has 0 aromatic heterocycles. The maximum absolute atomic E-state index is 13.4. The van der Waals surface area contributed by atoms with Crippen LogP contribution in [0.25, 0.3) is 5.57 Å². The Morgan fingerprint density at radius 1 is 1.11 bits per heavy atom. The van der Waals surface area contributed by atoms with E-state index < -0.39 is 17.6 Å². The Morgan fingerprint density at radius 2 is 1.79 bits per heavy atom. The number of aryl methyl sites for hydroxylation is 1. The zero-order chi connectivity index (χ0) is 20.4. The number of aliphatic hydroxyl groups excluding tert-OH is 1. The summed E-state index contributed by atoms with van der Waals surface area (Å²) in [5, 5.41) is 9.30. The number of benzene rings is 2. The predicted octanol–water partition coefficient (Wildman–Crippen LogP) is 2.35. The first kappa shape index (κ1) is 19.6. The Balaban J connectivity index is 2.17. The highest BCUT2D eigenvalue weighted by Gasteiger charge is 2.42. The highest BCUT2D eigenvalue weighted by Crippen LogP contribution is 2.38. The van der Waals surface area contributed by atoms with Crippen molar-refractivity contribution < 1.29 is 23.8 Å².